The van der Waals surface area contributed by atoms with Crippen molar-refractivity contribution >= 4 is 41.3 Å². The molecule has 0 radical (unpaired) electrons. The SMILES string of the molecule is CN=C(NCCc1ccccc1OC)NCC1CCCN(C)C1c1cccs1.I. The van der Waals surface area contributed by atoms with Gasteiger partial charge < -0.3 is 15.4 Å². The van der Waals surface area contributed by atoms with Crippen molar-refractivity contribution in [1.82, 2.24) is 15.5 Å². The van der Waals surface area contributed by atoms with Gasteiger partial charge in [-0.2, -0.15) is 0 Å². The smallest absolute Gasteiger partial charge is 0.190 e. The highest BCUT2D eigenvalue weighted by Crippen LogP contribution is 2.36. The van der Waals surface area contributed by atoms with Gasteiger partial charge in [-0.1, -0.05) is 24.3 Å². The van der Waals surface area contributed by atoms with Gasteiger partial charge in [0.05, 0.1) is 7.11 Å². The van der Waals surface area contributed by atoms with Gasteiger partial charge in [-0.05, 0) is 61.8 Å². The van der Waals surface area contributed by atoms with Crippen molar-refractivity contribution in [3.63, 3.8) is 0 Å². The Balaban J connectivity index is 0.00000300. The van der Waals surface area contributed by atoms with E-state index in [1.165, 1.54) is 29.8 Å². The summed E-state index contributed by atoms with van der Waals surface area (Å²) in [4.78, 5) is 8.37. The molecule has 0 amide bonds. The normalized spacial score (nSPS) is 20.0. The number of ether oxygens (including phenoxy) is 1. The highest BCUT2D eigenvalue weighted by Gasteiger charge is 2.31. The van der Waals surface area contributed by atoms with Gasteiger partial charge in [0.2, 0.25) is 0 Å². The molecule has 160 valence electrons. The Morgan fingerprint density at radius 1 is 1.24 bits per heavy atom. The summed E-state index contributed by atoms with van der Waals surface area (Å²) >= 11 is 1.86. The number of likely N-dealkylation sites (tertiary alicyclic amines) is 1. The second-order valence-electron chi connectivity index (χ2n) is 7.28. The standard InChI is InChI=1S/C22H32N4OS.HI/c1-23-22(24-13-12-17-8-4-5-10-19(17)27-3)25-16-18-9-6-14-26(2)21(18)20-11-7-15-28-20;/h4-5,7-8,10-11,15,18,21H,6,9,12-14,16H2,1-3H3,(H2,23,24,25);1H. The minimum absolute atomic E-state index is 0. The molecule has 1 fully saturated rings. The lowest BCUT2D eigenvalue weighted by Crippen LogP contribution is -2.45. The zero-order valence-electron chi connectivity index (χ0n) is 17.6. The largest absolute Gasteiger partial charge is 0.496 e. The molecule has 0 bridgehead atoms. The number of hydrogen-bond donors (Lipinski definition) is 2. The highest BCUT2D eigenvalue weighted by atomic mass is 127. The van der Waals surface area contributed by atoms with Gasteiger partial charge in [0.25, 0.3) is 0 Å². The Morgan fingerprint density at radius 3 is 2.79 bits per heavy atom. The molecule has 29 heavy (non-hydrogen) atoms. The summed E-state index contributed by atoms with van der Waals surface area (Å²) in [6, 6.07) is 13.1. The number of aliphatic imine (C=N–C) groups is 1. The van der Waals surface area contributed by atoms with Gasteiger partial charge in [-0.25, -0.2) is 0 Å². The summed E-state index contributed by atoms with van der Waals surface area (Å²) in [5, 5.41) is 9.18. The first kappa shape index (κ1) is 24.0. The second-order valence-corrected chi connectivity index (χ2v) is 8.26. The van der Waals surface area contributed by atoms with E-state index in [0.29, 0.717) is 12.0 Å². The summed E-state index contributed by atoms with van der Waals surface area (Å²) < 4.78 is 5.44. The molecule has 1 saturated heterocycles. The Bertz CT molecular complexity index is 753. The van der Waals surface area contributed by atoms with Crippen molar-refractivity contribution in [2.75, 3.05) is 40.8 Å². The number of halogens is 1. The molecule has 2 N–H and O–H groups in total. The fraction of sp³-hybridized carbons (Fsp3) is 0.500. The molecule has 1 aliphatic rings. The first-order valence-corrected chi connectivity index (χ1v) is 10.9. The van der Waals surface area contributed by atoms with Gasteiger partial charge in [-0.15, -0.1) is 35.3 Å². The molecule has 1 aromatic carbocycles. The first-order valence-electron chi connectivity index (χ1n) is 10.0. The van der Waals surface area contributed by atoms with E-state index in [1.54, 1.807) is 7.11 Å². The van der Waals surface area contributed by atoms with E-state index in [2.05, 4.69) is 57.2 Å². The summed E-state index contributed by atoms with van der Waals surface area (Å²) in [6.07, 6.45) is 3.40. The molecule has 0 saturated carbocycles. The molecule has 0 spiro atoms. The van der Waals surface area contributed by atoms with E-state index in [0.717, 1.165) is 31.2 Å². The maximum atomic E-state index is 5.44. The summed E-state index contributed by atoms with van der Waals surface area (Å²) in [7, 11) is 5.80. The van der Waals surface area contributed by atoms with Crippen LogP contribution in [0.3, 0.4) is 0 Å². The van der Waals surface area contributed by atoms with Crippen LogP contribution < -0.4 is 15.4 Å². The van der Waals surface area contributed by atoms with E-state index < -0.39 is 0 Å². The fourth-order valence-electron chi connectivity index (χ4n) is 4.06. The third-order valence-corrected chi connectivity index (χ3v) is 6.42. The number of rotatable bonds is 7. The van der Waals surface area contributed by atoms with Crippen LogP contribution in [0.4, 0.5) is 0 Å². The van der Waals surface area contributed by atoms with Crippen molar-refractivity contribution in [2.24, 2.45) is 10.9 Å². The molecule has 5 nitrogen and oxygen atoms in total. The summed E-state index contributed by atoms with van der Waals surface area (Å²) in [5.41, 5.74) is 1.21. The highest BCUT2D eigenvalue weighted by molar-refractivity contribution is 14.0. The predicted molar refractivity (Wildman–Crippen MR) is 134 cm³/mol. The Labute approximate surface area is 196 Å². The second kappa shape index (κ2) is 12.4. The zero-order chi connectivity index (χ0) is 19.8. The lowest BCUT2D eigenvalue weighted by Gasteiger charge is -2.39. The molecular formula is C22H33IN4OS. The first-order chi connectivity index (χ1) is 13.7. The van der Waals surface area contributed by atoms with Crippen LogP contribution in [0.25, 0.3) is 0 Å². The monoisotopic (exact) mass is 528 g/mol. The van der Waals surface area contributed by atoms with E-state index >= 15 is 0 Å². The van der Waals surface area contributed by atoms with Crippen LogP contribution in [0.1, 0.15) is 29.3 Å². The van der Waals surface area contributed by atoms with Crippen LogP contribution in [0, 0.1) is 5.92 Å². The molecule has 0 aliphatic carbocycles. The summed E-state index contributed by atoms with van der Waals surface area (Å²) in [6.45, 7) is 2.92. The van der Waals surface area contributed by atoms with Crippen molar-refractivity contribution in [3.8, 4) is 5.75 Å². The van der Waals surface area contributed by atoms with Crippen LogP contribution in [0.2, 0.25) is 0 Å². The van der Waals surface area contributed by atoms with Gasteiger partial charge in [0.15, 0.2) is 5.96 Å². The topological polar surface area (TPSA) is 48.9 Å². The average Bonchev–Trinajstić information content (AvgIpc) is 3.25. The molecule has 3 rings (SSSR count). The van der Waals surface area contributed by atoms with Gasteiger partial charge >= 0.3 is 0 Å². The predicted octanol–water partition coefficient (Wildman–Crippen LogP) is 4.17. The zero-order valence-corrected chi connectivity index (χ0v) is 20.7. The number of nitrogens with one attached hydrogen (secondary N) is 2. The number of piperidine rings is 1. The fourth-order valence-corrected chi connectivity index (χ4v) is 5.04. The minimum atomic E-state index is 0. The molecule has 1 aliphatic heterocycles. The van der Waals surface area contributed by atoms with E-state index in [1.807, 2.05) is 30.5 Å². The third kappa shape index (κ3) is 6.58. The lowest BCUT2D eigenvalue weighted by molar-refractivity contribution is 0.125. The number of para-hydroxylation sites is 1. The van der Waals surface area contributed by atoms with Gasteiger partial charge in [0.1, 0.15) is 5.75 Å². The number of hydrogen-bond acceptors (Lipinski definition) is 4. The van der Waals surface area contributed by atoms with Crippen LogP contribution in [-0.2, 0) is 6.42 Å². The Kier molecular flexibility index (Phi) is 10.2. The average molecular weight is 529 g/mol. The van der Waals surface area contributed by atoms with E-state index in [9.17, 15) is 0 Å². The van der Waals surface area contributed by atoms with E-state index in [4.69, 9.17) is 4.74 Å². The van der Waals surface area contributed by atoms with Crippen molar-refractivity contribution in [3.05, 3.63) is 52.2 Å². The molecule has 2 unspecified atom stereocenters. The Hall–Kier alpha value is -1.32. The van der Waals surface area contributed by atoms with Crippen molar-refractivity contribution in [2.45, 2.75) is 25.3 Å². The molecule has 2 aromatic rings. The van der Waals surface area contributed by atoms with Crippen LogP contribution >= 0.6 is 35.3 Å². The lowest BCUT2D eigenvalue weighted by atomic mass is 9.88. The number of nitrogens with zero attached hydrogens (tertiary/aromatic N) is 2. The number of guanidine groups is 1. The summed E-state index contributed by atoms with van der Waals surface area (Å²) in [5.74, 6) is 2.40. The number of thiophene rings is 1. The maximum Gasteiger partial charge on any atom is 0.190 e. The van der Waals surface area contributed by atoms with Crippen LogP contribution in [0.15, 0.2) is 46.8 Å². The maximum absolute atomic E-state index is 5.44. The van der Waals surface area contributed by atoms with Crippen LogP contribution in [0.5, 0.6) is 5.75 Å². The van der Waals surface area contributed by atoms with Crippen molar-refractivity contribution in [1.29, 1.82) is 0 Å². The quantitative estimate of drug-likeness (QED) is 0.322. The van der Waals surface area contributed by atoms with Crippen LogP contribution in [-0.4, -0.2) is 51.7 Å². The molecule has 1 aromatic heterocycles. The molecule has 2 heterocycles. The number of benzene rings is 1. The molecule has 2 atom stereocenters. The number of methoxy groups -OCH3 is 1. The van der Waals surface area contributed by atoms with Gasteiger partial charge in [-0.3, -0.25) is 9.89 Å². The van der Waals surface area contributed by atoms with Crippen molar-refractivity contribution < 1.29 is 4.74 Å². The molecule has 7 heteroatoms. The van der Waals surface area contributed by atoms with E-state index in [-0.39, 0.29) is 24.0 Å². The third-order valence-electron chi connectivity index (χ3n) is 5.48. The Morgan fingerprint density at radius 2 is 2.07 bits per heavy atom. The minimum Gasteiger partial charge on any atom is -0.496 e. The molecular weight excluding hydrogens is 495 g/mol. The van der Waals surface area contributed by atoms with Gasteiger partial charge in [0, 0.05) is 31.1 Å².